The fourth-order valence-electron chi connectivity index (χ4n) is 1.65. The van der Waals surface area contributed by atoms with Gasteiger partial charge in [0.15, 0.2) is 5.69 Å². The van der Waals surface area contributed by atoms with Crippen LogP contribution in [-0.4, -0.2) is 43.6 Å². The molecule has 0 radical (unpaired) electrons. The molecule has 2 N–H and O–H groups in total. The van der Waals surface area contributed by atoms with Crippen LogP contribution in [0.15, 0.2) is 52.6 Å². The minimum atomic E-state index is -3.27. The molecule has 2 aromatic rings. The minimum absolute atomic E-state index is 0.117. The number of aromatic nitrogens is 2. The molecule has 7 nitrogen and oxygen atoms in total. The maximum Gasteiger partial charge on any atom is 0.272 e. The summed E-state index contributed by atoms with van der Waals surface area (Å²) in [5.41, 5.74) is 0.209. The summed E-state index contributed by atoms with van der Waals surface area (Å²) in [5.74, 6) is -0.396. The molecule has 0 saturated carbocycles. The van der Waals surface area contributed by atoms with Crippen LogP contribution in [0.25, 0.3) is 0 Å². The summed E-state index contributed by atoms with van der Waals surface area (Å²) in [4.78, 5) is 21.4. The van der Waals surface area contributed by atoms with Crippen molar-refractivity contribution in [3.63, 3.8) is 0 Å². The first-order valence-electron chi connectivity index (χ1n) is 6.72. The Balaban J connectivity index is 2.00. The molecule has 1 aromatic heterocycles. The van der Waals surface area contributed by atoms with Gasteiger partial charge in [-0.3, -0.25) is 4.79 Å². The van der Waals surface area contributed by atoms with Crippen molar-refractivity contribution in [2.75, 3.05) is 19.3 Å². The lowest BCUT2D eigenvalue weighted by Gasteiger charge is -2.08. The van der Waals surface area contributed by atoms with E-state index < -0.39 is 15.9 Å². The number of carbonyl (C=O) groups is 1. The summed E-state index contributed by atoms with van der Waals surface area (Å²) in [7, 11) is -3.27. The summed E-state index contributed by atoms with van der Waals surface area (Å²) >= 11 is 1.34. The maximum atomic E-state index is 12.2. The summed E-state index contributed by atoms with van der Waals surface area (Å²) < 4.78 is 24.2. The average Bonchev–Trinajstić information content (AvgIpc) is 2.52. The van der Waals surface area contributed by atoms with Gasteiger partial charge in [0.05, 0.1) is 6.26 Å². The summed E-state index contributed by atoms with van der Waals surface area (Å²) in [6, 6.07) is 9.53. The first kappa shape index (κ1) is 17.4. The first-order valence-corrected chi connectivity index (χ1v) is 9.43. The van der Waals surface area contributed by atoms with Gasteiger partial charge >= 0.3 is 0 Å². The molecule has 1 heterocycles. The Morgan fingerprint density at radius 2 is 1.83 bits per heavy atom. The predicted octanol–water partition coefficient (Wildman–Crippen LogP) is 0.907. The molecule has 0 spiro atoms. The zero-order chi connectivity index (χ0) is 16.7. The molecule has 9 heteroatoms. The van der Waals surface area contributed by atoms with Crippen LogP contribution >= 0.6 is 11.8 Å². The minimum Gasteiger partial charge on any atom is -0.349 e. The third-order valence-corrected chi connectivity index (χ3v) is 4.34. The zero-order valence-corrected chi connectivity index (χ0v) is 14.0. The highest BCUT2D eigenvalue weighted by molar-refractivity contribution is 7.99. The van der Waals surface area contributed by atoms with E-state index in [2.05, 4.69) is 20.0 Å². The molecule has 1 aromatic carbocycles. The molecule has 0 fully saturated rings. The van der Waals surface area contributed by atoms with E-state index in [-0.39, 0.29) is 18.8 Å². The Labute approximate surface area is 139 Å². The number of sulfonamides is 1. The van der Waals surface area contributed by atoms with Gasteiger partial charge in [0.2, 0.25) is 10.0 Å². The number of nitrogens with one attached hydrogen (secondary N) is 2. The van der Waals surface area contributed by atoms with Gasteiger partial charge in [-0.05, 0) is 12.1 Å². The van der Waals surface area contributed by atoms with E-state index in [1.807, 2.05) is 30.3 Å². The van der Waals surface area contributed by atoms with Gasteiger partial charge < -0.3 is 5.32 Å². The highest BCUT2D eigenvalue weighted by Gasteiger charge is 2.15. The molecule has 23 heavy (non-hydrogen) atoms. The molecule has 122 valence electrons. The van der Waals surface area contributed by atoms with Gasteiger partial charge in [-0.2, -0.15) is 0 Å². The number of hydrogen-bond acceptors (Lipinski definition) is 6. The van der Waals surface area contributed by atoms with Crippen molar-refractivity contribution in [3.8, 4) is 0 Å². The van der Waals surface area contributed by atoms with E-state index in [4.69, 9.17) is 0 Å². The van der Waals surface area contributed by atoms with Crippen molar-refractivity contribution in [2.45, 2.75) is 9.92 Å². The first-order chi connectivity index (χ1) is 11.0. The Hall–Kier alpha value is -1.97. The predicted molar refractivity (Wildman–Crippen MR) is 87.8 cm³/mol. The van der Waals surface area contributed by atoms with Gasteiger partial charge in [0, 0.05) is 30.4 Å². The quantitative estimate of drug-likeness (QED) is 0.718. The Morgan fingerprint density at radius 1 is 1.13 bits per heavy atom. The maximum absolute atomic E-state index is 12.2. The molecule has 0 bridgehead atoms. The van der Waals surface area contributed by atoms with Gasteiger partial charge in [-0.15, -0.1) is 0 Å². The van der Waals surface area contributed by atoms with E-state index in [1.54, 1.807) is 0 Å². The molecule has 0 saturated heterocycles. The molecule has 0 atom stereocenters. The number of hydrogen-bond donors (Lipinski definition) is 2. The number of benzene rings is 1. The van der Waals surface area contributed by atoms with Crippen molar-refractivity contribution in [1.82, 2.24) is 20.0 Å². The largest absolute Gasteiger partial charge is 0.349 e. The third-order valence-electron chi connectivity index (χ3n) is 2.61. The Kier molecular flexibility index (Phi) is 6.08. The van der Waals surface area contributed by atoms with Crippen molar-refractivity contribution in [2.24, 2.45) is 0 Å². The summed E-state index contributed by atoms with van der Waals surface area (Å²) in [6.45, 7) is 0.282. The van der Waals surface area contributed by atoms with Crippen LogP contribution in [0.5, 0.6) is 0 Å². The van der Waals surface area contributed by atoms with Crippen LogP contribution in [-0.2, 0) is 10.0 Å². The van der Waals surface area contributed by atoms with Crippen molar-refractivity contribution in [1.29, 1.82) is 0 Å². The average molecular weight is 352 g/mol. The van der Waals surface area contributed by atoms with Crippen LogP contribution in [0.3, 0.4) is 0 Å². The molecule has 0 aliphatic rings. The lowest BCUT2D eigenvalue weighted by atomic mass is 10.4. The van der Waals surface area contributed by atoms with Crippen LogP contribution < -0.4 is 10.0 Å². The van der Waals surface area contributed by atoms with E-state index in [9.17, 15) is 13.2 Å². The molecular formula is C14H16N4O3S2. The molecule has 0 aliphatic carbocycles. The van der Waals surface area contributed by atoms with Gasteiger partial charge in [0.1, 0.15) is 5.03 Å². The number of carbonyl (C=O) groups excluding carboxylic acids is 1. The zero-order valence-electron chi connectivity index (χ0n) is 12.4. The van der Waals surface area contributed by atoms with Crippen LogP contribution in [0, 0.1) is 0 Å². The number of rotatable bonds is 7. The Morgan fingerprint density at radius 3 is 2.52 bits per heavy atom. The standard InChI is InChI=1S/C14H16N4O3S2/c1-23(20,21)18-10-9-16-13(19)12-14(17-8-7-15-12)22-11-5-3-2-4-6-11/h2-8,18H,9-10H2,1H3,(H,16,19). The van der Waals surface area contributed by atoms with Gasteiger partial charge in [0.25, 0.3) is 5.91 Å². The van der Waals surface area contributed by atoms with Crippen LogP contribution in [0.4, 0.5) is 0 Å². The molecule has 0 aliphatic heterocycles. The smallest absolute Gasteiger partial charge is 0.272 e. The van der Waals surface area contributed by atoms with E-state index >= 15 is 0 Å². The lowest BCUT2D eigenvalue weighted by Crippen LogP contribution is -2.34. The second kappa shape index (κ2) is 8.04. The van der Waals surface area contributed by atoms with E-state index in [1.165, 1.54) is 24.2 Å². The van der Waals surface area contributed by atoms with E-state index in [0.29, 0.717) is 5.03 Å². The highest BCUT2D eigenvalue weighted by Crippen LogP contribution is 2.27. The molecule has 2 rings (SSSR count). The van der Waals surface area contributed by atoms with Crippen LogP contribution in [0.1, 0.15) is 10.5 Å². The van der Waals surface area contributed by atoms with Crippen LogP contribution in [0.2, 0.25) is 0 Å². The normalized spacial score (nSPS) is 11.2. The number of nitrogens with zero attached hydrogens (tertiary/aromatic N) is 2. The monoisotopic (exact) mass is 352 g/mol. The third kappa shape index (κ3) is 5.97. The van der Waals surface area contributed by atoms with E-state index in [0.717, 1.165) is 11.2 Å². The fraction of sp³-hybridized carbons (Fsp3) is 0.214. The SMILES string of the molecule is CS(=O)(=O)NCCNC(=O)c1nccnc1Sc1ccccc1. The summed E-state index contributed by atoms with van der Waals surface area (Å²) in [5, 5.41) is 3.11. The molecular weight excluding hydrogens is 336 g/mol. The second-order valence-corrected chi connectivity index (χ2v) is 7.44. The lowest BCUT2D eigenvalue weighted by molar-refractivity contribution is 0.0945. The summed E-state index contributed by atoms with van der Waals surface area (Å²) in [6.07, 6.45) is 4.03. The molecule has 0 unspecified atom stereocenters. The van der Waals surface area contributed by atoms with Crippen molar-refractivity contribution < 1.29 is 13.2 Å². The fourth-order valence-corrected chi connectivity index (χ4v) is 3.00. The second-order valence-electron chi connectivity index (χ2n) is 4.55. The highest BCUT2D eigenvalue weighted by atomic mass is 32.2. The Bertz CT molecular complexity index is 767. The van der Waals surface area contributed by atoms with Crippen molar-refractivity contribution in [3.05, 3.63) is 48.4 Å². The van der Waals surface area contributed by atoms with Gasteiger partial charge in [-0.25, -0.2) is 23.1 Å². The molecule has 1 amide bonds. The topological polar surface area (TPSA) is 101 Å². The van der Waals surface area contributed by atoms with Crippen molar-refractivity contribution >= 4 is 27.7 Å². The number of amides is 1. The van der Waals surface area contributed by atoms with Gasteiger partial charge in [-0.1, -0.05) is 30.0 Å².